The highest BCUT2D eigenvalue weighted by atomic mass is 16.5. The Morgan fingerprint density at radius 2 is 2.00 bits per heavy atom. The highest BCUT2D eigenvalue weighted by Gasteiger charge is 2.32. The van der Waals surface area contributed by atoms with E-state index < -0.39 is 12.0 Å². The molecule has 1 aliphatic heterocycles. The van der Waals surface area contributed by atoms with E-state index in [1.54, 1.807) is 25.7 Å². The number of aliphatic carboxylic acids is 1. The normalized spacial score (nSPS) is 16.5. The third-order valence-corrected chi connectivity index (χ3v) is 4.47. The molecule has 2 aromatic rings. The van der Waals surface area contributed by atoms with Crippen molar-refractivity contribution in [2.24, 2.45) is 0 Å². The number of benzene rings is 1. The molecule has 25 heavy (non-hydrogen) atoms. The third kappa shape index (κ3) is 3.71. The summed E-state index contributed by atoms with van der Waals surface area (Å²) in [5.74, 6) is 0.563. The molecule has 1 aromatic carbocycles. The number of rotatable bonds is 5. The van der Waals surface area contributed by atoms with Gasteiger partial charge in [0.25, 0.3) is 0 Å². The fraction of sp³-hybridized carbons (Fsp3) is 0.389. The molecule has 1 atom stereocenters. The first-order valence-corrected chi connectivity index (χ1v) is 8.22. The quantitative estimate of drug-likeness (QED) is 0.886. The van der Waals surface area contributed by atoms with Gasteiger partial charge in [-0.25, -0.2) is 4.98 Å². The van der Waals surface area contributed by atoms with Crippen molar-refractivity contribution in [2.45, 2.75) is 13.0 Å². The average Bonchev–Trinajstić information content (AvgIpc) is 2.63. The van der Waals surface area contributed by atoms with E-state index in [4.69, 9.17) is 4.74 Å². The van der Waals surface area contributed by atoms with Gasteiger partial charge in [0.1, 0.15) is 17.6 Å². The summed E-state index contributed by atoms with van der Waals surface area (Å²) in [7, 11) is 1.57. The Balaban J connectivity index is 1.80. The van der Waals surface area contributed by atoms with E-state index in [-0.39, 0.29) is 0 Å². The van der Waals surface area contributed by atoms with Gasteiger partial charge >= 0.3 is 5.97 Å². The summed E-state index contributed by atoms with van der Waals surface area (Å²) in [5, 5.41) is 9.84. The van der Waals surface area contributed by atoms with E-state index in [9.17, 15) is 9.90 Å². The largest absolute Gasteiger partial charge is 0.496 e. The molecule has 132 valence electrons. The van der Waals surface area contributed by atoms with Crippen molar-refractivity contribution in [3.63, 3.8) is 0 Å². The number of nitrogens with zero attached hydrogens (tertiary/aromatic N) is 4. The van der Waals surface area contributed by atoms with Gasteiger partial charge in [-0.3, -0.25) is 14.7 Å². The maximum atomic E-state index is 12.0. The third-order valence-electron chi connectivity index (χ3n) is 4.47. The smallest absolute Gasteiger partial charge is 0.325 e. The van der Waals surface area contributed by atoms with Crippen LogP contribution in [0.4, 0.5) is 5.82 Å². The van der Waals surface area contributed by atoms with Crippen molar-refractivity contribution in [1.82, 2.24) is 14.9 Å². The summed E-state index contributed by atoms with van der Waals surface area (Å²) in [5.41, 5.74) is 1.71. The topological polar surface area (TPSA) is 78.8 Å². The number of carboxylic acids is 1. The first kappa shape index (κ1) is 17.2. The lowest BCUT2D eigenvalue weighted by Gasteiger charge is -2.38. The number of hydrogen-bond donors (Lipinski definition) is 1. The molecule has 0 spiro atoms. The van der Waals surface area contributed by atoms with Crippen molar-refractivity contribution in [3.05, 3.63) is 47.9 Å². The van der Waals surface area contributed by atoms with E-state index >= 15 is 0 Å². The van der Waals surface area contributed by atoms with Crippen LogP contribution in [0.2, 0.25) is 0 Å². The van der Waals surface area contributed by atoms with Crippen LogP contribution in [0, 0.1) is 6.92 Å². The molecule has 1 N–H and O–H groups in total. The number of aromatic nitrogens is 2. The number of ether oxygens (including phenoxy) is 1. The molecule has 0 radical (unpaired) electrons. The molecule has 3 rings (SSSR count). The van der Waals surface area contributed by atoms with Gasteiger partial charge in [0.2, 0.25) is 0 Å². The number of piperazine rings is 1. The van der Waals surface area contributed by atoms with E-state index in [1.165, 1.54) is 0 Å². The zero-order valence-electron chi connectivity index (χ0n) is 14.4. The second-order valence-corrected chi connectivity index (χ2v) is 6.07. The van der Waals surface area contributed by atoms with Gasteiger partial charge in [-0.1, -0.05) is 17.7 Å². The van der Waals surface area contributed by atoms with Gasteiger partial charge in [-0.2, -0.15) is 0 Å². The Hall–Kier alpha value is -2.67. The lowest BCUT2D eigenvalue weighted by atomic mass is 10.0. The average molecular weight is 342 g/mol. The molecule has 0 saturated carbocycles. The van der Waals surface area contributed by atoms with E-state index in [1.807, 2.05) is 30.0 Å². The fourth-order valence-corrected chi connectivity index (χ4v) is 3.22. The SMILES string of the molecule is COc1ccc(C)cc1C(C(=O)O)N1CCN(c2cnccn2)CC1. The van der Waals surface area contributed by atoms with Crippen LogP contribution in [0.15, 0.2) is 36.8 Å². The minimum Gasteiger partial charge on any atom is -0.496 e. The van der Waals surface area contributed by atoms with E-state index in [0.717, 1.165) is 11.4 Å². The predicted octanol–water partition coefficient (Wildman–Crippen LogP) is 1.74. The van der Waals surface area contributed by atoms with Crippen LogP contribution >= 0.6 is 0 Å². The molecule has 0 aliphatic carbocycles. The maximum absolute atomic E-state index is 12.0. The van der Waals surface area contributed by atoms with Gasteiger partial charge in [0.05, 0.1) is 13.3 Å². The van der Waals surface area contributed by atoms with Crippen molar-refractivity contribution in [2.75, 3.05) is 38.2 Å². The molecular weight excluding hydrogens is 320 g/mol. The number of methoxy groups -OCH3 is 1. The molecule has 1 aromatic heterocycles. The first-order valence-electron chi connectivity index (χ1n) is 8.22. The minimum absolute atomic E-state index is 0.606. The molecule has 7 heteroatoms. The van der Waals surface area contributed by atoms with E-state index in [0.29, 0.717) is 37.5 Å². The van der Waals surface area contributed by atoms with Gasteiger partial charge in [-0.15, -0.1) is 0 Å². The molecule has 1 unspecified atom stereocenters. The summed E-state index contributed by atoms with van der Waals surface area (Å²) < 4.78 is 5.39. The van der Waals surface area contributed by atoms with Crippen LogP contribution in [0.3, 0.4) is 0 Å². The number of aryl methyl sites for hydroxylation is 1. The minimum atomic E-state index is -0.864. The molecular formula is C18H22N4O3. The molecule has 1 fully saturated rings. The Morgan fingerprint density at radius 3 is 2.60 bits per heavy atom. The van der Waals surface area contributed by atoms with Crippen LogP contribution in [-0.2, 0) is 4.79 Å². The van der Waals surface area contributed by atoms with Crippen molar-refractivity contribution in [1.29, 1.82) is 0 Å². The zero-order chi connectivity index (χ0) is 17.8. The van der Waals surface area contributed by atoms with Gasteiger partial charge in [0, 0.05) is 44.1 Å². The lowest BCUT2D eigenvalue weighted by molar-refractivity contribution is -0.143. The first-order chi connectivity index (χ1) is 12.1. The van der Waals surface area contributed by atoms with Crippen LogP contribution in [-0.4, -0.2) is 59.2 Å². The van der Waals surface area contributed by atoms with Gasteiger partial charge < -0.3 is 14.7 Å². The fourth-order valence-electron chi connectivity index (χ4n) is 3.22. The van der Waals surface area contributed by atoms with Crippen molar-refractivity contribution < 1.29 is 14.6 Å². The predicted molar refractivity (Wildman–Crippen MR) is 93.9 cm³/mol. The van der Waals surface area contributed by atoms with Gasteiger partial charge in [0.15, 0.2) is 0 Å². The summed E-state index contributed by atoms with van der Waals surface area (Å²) in [6, 6.07) is 4.93. The Kier molecular flexibility index (Phi) is 5.14. The molecule has 1 saturated heterocycles. The maximum Gasteiger partial charge on any atom is 0.325 e. The monoisotopic (exact) mass is 342 g/mol. The Morgan fingerprint density at radius 1 is 1.24 bits per heavy atom. The highest BCUT2D eigenvalue weighted by Crippen LogP contribution is 2.31. The van der Waals surface area contributed by atoms with Crippen LogP contribution in [0.25, 0.3) is 0 Å². The number of carbonyl (C=O) groups is 1. The molecule has 1 aliphatic rings. The van der Waals surface area contributed by atoms with Crippen LogP contribution in [0.5, 0.6) is 5.75 Å². The Labute approximate surface area is 146 Å². The van der Waals surface area contributed by atoms with E-state index in [2.05, 4.69) is 14.9 Å². The second-order valence-electron chi connectivity index (χ2n) is 6.07. The summed E-state index contributed by atoms with van der Waals surface area (Å²) >= 11 is 0. The second kappa shape index (κ2) is 7.48. The zero-order valence-corrected chi connectivity index (χ0v) is 14.4. The summed E-state index contributed by atoms with van der Waals surface area (Å²) in [6.45, 7) is 4.62. The molecule has 7 nitrogen and oxygen atoms in total. The van der Waals surface area contributed by atoms with Crippen LogP contribution in [0.1, 0.15) is 17.2 Å². The highest BCUT2D eigenvalue weighted by molar-refractivity contribution is 5.77. The summed E-state index contributed by atoms with van der Waals surface area (Å²) in [4.78, 5) is 24.5. The summed E-state index contributed by atoms with van der Waals surface area (Å²) in [6.07, 6.45) is 5.04. The van der Waals surface area contributed by atoms with Crippen LogP contribution < -0.4 is 9.64 Å². The Bertz CT molecular complexity index is 730. The molecule has 0 bridgehead atoms. The van der Waals surface area contributed by atoms with Crippen molar-refractivity contribution in [3.8, 4) is 5.75 Å². The van der Waals surface area contributed by atoms with Crippen molar-refractivity contribution >= 4 is 11.8 Å². The van der Waals surface area contributed by atoms with Gasteiger partial charge in [-0.05, 0) is 13.0 Å². The number of hydrogen-bond acceptors (Lipinski definition) is 6. The number of anilines is 1. The lowest BCUT2D eigenvalue weighted by Crippen LogP contribution is -2.49. The molecule has 0 amide bonds. The number of carboxylic acid groups (broad SMARTS) is 1. The molecule has 2 heterocycles. The standard InChI is InChI=1S/C18H22N4O3/c1-13-3-4-15(25-2)14(11-13)17(18(23)24)22-9-7-21(8-10-22)16-12-19-5-6-20-16/h3-6,11-12,17H,7-10H2,1-2H3,(H,23,24).